The Kier molecular flexibility index (Phi) is 5.99. The van der Waals surface area contributed by atoms with Gasteiger partial charge in [-0.05, 0) is 37.0 Å². The van der Waals surface area contributed by atoms with Crippen LogP contribution in [-0.2, 0) is 12.3 Å². The number of thioether (sulfide) groups is 2. The van der Waals surface area contributed by atoms with E-state index in [1.807, 2.05) is 0 Å². The molecule has 1 aromatic rings. The van der Waals surface area contributed by atoms with Gasteiger partial charge in [-0.3, -0.25) is 0 Å². The van der Waals surface area contributed by atoms with Gasteiger partial charge in [0.1, 0.15) is 11.5 Å². The molecule has 2 nitrogen and oxygen atoms in total. The van der Waals surface area contributed by atoms with Crippen LogP contribution < -0.4 is 5.32 Å². The van der Waals surface area contributed by atoms with Crippen molar-refractivity contribution < 1.29 is 4.42 Å². The highest BCUT2D eigenvalue weighted by Gasteiger charge is 2.26. The molecule has 2 rings (SSSR count). The van der Waals surface area contributed by atoms with Crippen molar-refractivity contribution in [2.75, 3.05) is 12.0 Å². The molecule has 1 heterocycles. The summed E-state index contributed by atoms with van der Waals surface area (Å²) >= 11 is 3.90. The van der Waals surface area contributed by atoms with Crippen molar-refractivity contribution in [3.05, 3.63) is 23.7 Å². The van der Waals surface area contributed by atoms with Crippen LogP contribution >= 0.6 is 23.5 Å². The maximum Gasteiger partial charge on any atom is 0.118 e. The van der Waals surface area contributed by atoms with E-state index < -0.39 is 0 Å². The molecule has 1 aliphatic carbocycles. The molecule has 4 heteroatoms. The minimum atomic E-state index is 0.670. The Morgan fingerprint density at radius 2 is 2.17 bits per heavy atom. The third-order valence-corrected chi connectivity index (χ3v) is 5.27. The van der Waals surface area contributed by atoms with E-state index in [0.717, 1.165) is 29.1 Å². The zero-order valence-corrected chi connectivity index (χ0v) is 12.9. The number of furan rings is 1. The molecule has 2 unspecified atom stereocenters. The predicted molar refractivity (Wildman–Crippen MR) is 82.3 cm³/mol. The number of rotatable bonds is 7. The Balaban J connectivity index is 1.79. The topological polar surface area (TPSA) is 25.2 Å². The number of nitrogens with one attached hydrogen (secondary N) is 1. The fourth-order valence-electron chi connectivity index (χ4n) is 2.54. The van der Waals surface area contributed by atoms with Crippen LogP contribution in [0.5, 0.6) is 0 Å². The highest BCUT2D eigenvalue weighted by Crippen LogP contribution is 2.30. The second kappa shape index (κ2) is 7.51. The second-order valence-electron chi connectivity index (χ2n) is 4.71. The molecule has 0 spiro atoms. The maximum absolute atomic E-state index is 5.79. The Bertz CT molecular complexity index is 353. The molecule has 0 radical (unpaired) electrons. The molecule has 0 amide bonds. The molecule has 1 aromatic heterocycles. The van der Waals surface area contributed by atoms with Gasteiger partial charge in [-0.25, -0.2) is 0 Å². The van der Waals surface area contributed by atoms with Gasteiger partial charge in [-0.2, -0.15) is 23.5 Å². The number of hydrogen-bond acceptors (Lipinski definition) is 4. The van der Waals surface area contributed by atoms with E-state index in [1.165, 1.54) is 25.0 Å². The molecular formula is C14H23NOS2. The molecule has 1 fully saturated rings. The lowest BCUT2D eigenvalue weighted by Gasteiger charge is -2.19. The minimum Gasteiger partial charge on any atom is -0.464 e. The monoisotopic (exact) mass is 285 g/mol. The average Bonchev–Trinajstić information content (AvgIpc) is 2.97. The zero-order valence-electron chi connectivity index (χ0n) is 11.3. The summed E-state index contributed by atoms with van der Waals surface area (Å²) in [5, 5.41) is 4.47. The lowest BCUT2D eigenvalue weighted by atomic mass is 10.2. The lowest BCUT2D eigenvalue weighted by Crippen LogP contribution is -2.33. The first-order chi connectivity index (χ1) is 8.83. The molecule has 1 N–H and O–H groups in total. The average molecular weight is 285 g/mol. The third-order valence-electron chi connectivity index (χ3n) is 3.38. The van der Waals surface area contributed by atoms with Gasteiger partial charge in [-0.1, -0.05) is 13.3 Å². The van der Waals surface area contributed by atoms with Gasteiger partial charge in [-0.15, -0.1) is 0 Å². The largest absolute Gasteiger partial charge is 0.464 e. The van der Waals surface area contributed by atoms with Crippen molar-refractivity contribution in [1.82, 2.24) is 5.32 Å². The summed E-state index contributed by atoms with van der Waals surface area (Å²) in [6.07, 6.45) is 6.15. The first-order valence-corrected chi connectivity index (χ1v) is 9.19. The fourth-order valence-corrected chi connectivity index (χ4v) is 4.21. The van der Waals surface area contributed by atoms with Crippen molar-refractivity contribution in [2.45, 2.75) is 49.8 Å². The van der Waals surface area contributed by atoms with Gasteiger partial charge in [0.25, 0.3) is 0 Å². The van der Waals surface area contributed by atoms with E-state index in [1.54, 1.807) is 11.8 Å². The van der Waals surface area contributed by atoms with E-state index in [4.69, 9.17) is 4.42 Å². The van der Waals surface area contributed by atoms with Crippen LogP contribution in [0.4, 0.5) is 0 Å². The van der Waals surface area contributed by atoms with E-state index in [0.29, 0.717) is 6.04 Å². The van der Waals surface area contributed by atoms with Crippen molar-refractivity contribution in [3.63, 3.8) is 0 Å². The molecule has 0 aromatic carbocycles. The molecule has 1 saturated carbocycles. The van der Waals surface area contributed by atoms with Gasteiger partial charge < -0.3 is 9.73 Å². The van der Waals surface area contributed by atoms with E-state index in [2.05, 4.69) is 42.4 Å². The maximum atomic E-state index is 5.79. The molecule has 2 atom stereocenters. The summed E-state index contributed by atoms with van der Waals surface area (Å²) in [4.78, 5) is 0. The number of hydrogen-bond donors (Lipinski definition) is 1. The summed E-state index contributed by atoms with van der Waals surface area (Å²) < 4.78 is 5.79. The van der Waals surface area contributed by atoms with Gasteiger partial charge in [0.2, 0.25) is 0 Å². The highest BCUT2D eigenvalue weighted by atomic mass is 32.2. The Morgan fingerprint density at radius 3 is 2.94 bits per heavy atom. The normalized spacial score (nSPS) is 23.7. The van der Waals surface area contributed by atoms with Crippen molar-refractivity contribution >= 4 is 23.5 Å². The molecule has 1 aliphatic rings. The summed E-state index contributed by atoms with van der Waals surface area (Å²) in [6, 6.07) is 4.87. The van der Waals surface area contributed by atoms with Crippen molar-refractivity contribution in [1.29, 1.82) is 0 Å². The quantitative estimate of drug-likeness (QED) is 0.821. The van der Waals surface area contributed by atoms with Crippen molar-refractivity contribution in [2.24, 2.45) is 0 Å². The van der Waals surface area contributed by atoms with Gasteiger partial charge >= 0.3 is 0 Å². The van der Waals surface area contributed by atoms with Crippen molar-refractivity contribution in [3.8, 4) is 0 Å². The predicted octanol–water partition coefficient (Wildman–Crippen LogP) is 3.91. The van der Waals surface area contributed by atoms with Gasteiger partial charge in [0.05, 0.1) is 12.3 Å². The van der Waals surface area contributed by atoms with Crippen LogP contribution in [0, 0.1) is 0 Å². The molecule has 0 aliphatic heterocycles. The third kappa shape index (κ3) is 3.97. The van der Waals surface area contributed by atoms with Crippen LogP contribution in [0.25, 0.3) is 0 Å². The van der Waals surface area contributed by atoms with Crippen LogP contribution in [0.1, 0.15) is 37.7 Å². The zero-order chi connectivity index (χ0) is 12.8. The molecule has 18 heavy (non-hydrogen) atoms. The lowest BCUT2D eigenvalue weighted by molar-refractivity contribution is 0.434. The van der Waals surface area contributed by atoms with E-state index in [-0.39, 0.29) is 0 Å². The molecule has 102 valence electrons. The fraction of sp³-hybridized carbons (Fsp3) is 0.714. The van der Waals surface area contributed by atoms with Crippen LogP contribution in [-0.4, -0.2) is 23.3 Å². The van der Waals surface area contributed by atoms with Crippen LogP contribution in [0.3, 0.4) is 0 Å². The van der Waals surface area contributed by atoms with E-state index in [9.17, 15) is 0 Å². The Morgan fingerprint density at radius 1 is 1.33 bits per heavy atom. The standard InChI is InChI=1S/C14H23NOS2/c1-3-18-14-6-4-5-13(14)15-9-11-7-8-12(16-11)10-17-2/h7-8,13-15H,3-6,9-10H2,1-2H3. The van der Waals surface area contributed by atoms with Crippen LogP contribution in [0.15, 0.2) is 16.5 Å². The smallest absolute Gasteiger partial charge is 0.118 e. The molecular weight excluding hydrogens is 262 g/mol. The summed E-state index contributed by atoms with van der Waals surface area (Å²) in [5.41, 5.74) is 0. The van der Waals surface area contributed by atoms with Gasteiger partial charge in [0, 0.05) is 11.3 Å². The van der Waals surface area contributed by atoms with E-state index >= 15 is 0 Å². The Hall–Kier alpha value is -0.0600. The molecule has 0 bridgehead atoms. The second-order valence-corrected chi connectivity index (χ2v) is 7.10. The highest BCUT2D eigenvalue weighted by molar-refractivity contribution is 7.99. The van der Waals surface area contributed by atoms with Crippen LogP contribution in [0.2, 0.25) is 0 Å². The van der Waals surface area contributed by atoms with Gasteiger partial charge in [0.15, 0.2) is 0 Å². The summed E-state index contributed by atoms with van der Waals surface area (Å²) in [5.74, 6) is 4.36. The first-order valence-electron chi connectivity index (χ1n) is 6.75. The Labute approximate surface area is 119 Å². The summed E-state index contributed by atoms with van der Waals surface area (Å²) in [7, 11) is 0. The molecule has 0 saturated heterocycles. The summed E-state index contributed by atoms with van der Waals surface area (Å²) in [6.45, 7) is 3.13. The first kappa shape index (κ1) is 14.4. The minimum absolute atomic E-state index is 0.670. The SMILES string of the molecule is CCSC1CCCC1NCc1ccc(CSC)o1.